The molecule has 0 unspecified atom stereocenters. The van der Waals surface area contributed by atoms with Crippen molar-refractivity contribution < 1.29 is 14.8 Å². The first-order valence-electron chi connectivity index (χ1n) is 5.23. The van der Waals surface area contributed by atoms with Gasteiger partial charge in [-0.1, -0.05) is 24.3 Å². The molecule has 0 aliphatic rings. The van der Waals surface area contributed by atoms with E-state index in [1.54, 1.807) is 12.1 Å². The van der Waals surface area contributed by atoms with E-state index in [9.17, 15) is 0 Å². The van der Waals surface area contributed by atoms with Crippen LogP contribution in [0, 0.1) is 0 Å². The molecule has 0 bridgehead atoms. The molecule has 2 aromatic carbocycles. The average Bonchev–Trinajstić information content (AvgIpc) is 2.28. The van der Waals surface area contributed by atoms with Crippen molar-refractivity contribution in [3.05, 3.63) is 36.4 Å². The van der Waals surface area contributed by atoms with E-state index in [-0.39, 0.29) is 0 Å². The van der Waals surface area contributed by atoms with Gasteiger partial charge in [0.1, 0.15) is 5.75 Å². The SMILES string of the molecule is CCOc1ccc2ccc(B(O)O)cc2c1. The third-order valence-electron chi connectivity index (χ3n) is 2.44. The van der Waals surface area contributed by atoms with Crippen molar-refractivity contribution in [2.75, 3.05) is 6.61 Å². The Hall–Kier alpha value is -1.52. The van der Waals surface area contributed by atoms with Crippen LogP contribution < -0.4 is 10.2 Å². The van der Waals surface area contributed by atoms with E-state index in [0.717, 1.165) is 16.5 Å². The van der Waals surface area contributed by atoms with E-state index >= 15 is 0 Å². The van der Waals surface area contributed by atoms with Crippen molar-refractivity contribution in [1.29, 1.82) is 0 Å². The molecule has 0 amide bonds. The van der Waals surface area contributed by atoms with Gasteiger partial charge in [-0.3, -0.25) is 0 Å². The second-order valence-corrected chi connectivity index (χ2v) is 3.58. The summed E-state index contributed by atoms with van der Waals surface area (Å²) in [6.07, 6.45) is 0. The van der Waals surface area contributed by atoms with Gasteiger partial charge in [-0.2, -0.15) is 0 Å². The van der Waals surface area contributed by atoms with Crippen molar-refractivity contribution in [3.8, 4) is 5.75 Å². The lowest BCUT2D eigenvalue weighted by atomic mass is 9.79. The van der Waals surface area contributed by atoms with E-state index in [4.69, 9.17) is 14.8 Å². The van der Waals surface area contributed by atoms with Crippen LogP contribution in [0.3, 0.4) is 0 Å². The quantitative estimate of drug-likeness (QED) is 0.750. The predicted octanol–water partition coefficient (Wildman–Crippen LogP) is 0.918. The van der Waals surface area contributed by atoms with Crippen LogP contribution in [0.1, 0.15) is 6.92 Å². The molecule has 82 valence electrons. The molecule has 0 saturated carbocycles. The Labute approximate surface area is 94.4 Å². The molecule has 0 aromatic heterocycles. The summed E-state index contributed by atoms with van der Waals surface area (Å²) in [5.74, 6) is 0.791. The van der Waals surface area contributed by atoms with Crippen LogP contribution in [0.5, 0.6) is 5.75 Å². The van der Waals surface area contributed by atoms with Gasteiger partial charge >= 0.3 is 7.12 Å². The molecule has 3 nitrogen and oxygen atoms in total. The fourth-order valence-electron chi connectivity index (χ4n) is 1.66. The summed E-state index contributed by atoms with van der Waals surface area (Å²) in [7, 11) is -1.43. The van der Waals surface area contributed by atoms with Crippen molar-refractivity contribution in [2.45, 2.75) is 6.92 Å². The van der Waals surface area contributed by atoms with E-state index in [0.29, 0.717) is 12.1 Å². The molecule has 0 spiro atoms. The Kier molecular flexibility index (Phi) is 3.13. The van der Waals surface area contributed by atoms with Gasteiger partial charge in [-0.05, 0) is 35.3 Å². The first kappa shape index (κ1) is 11.0. The van der Waals surface area contributed by atoms with Crippen LogP contribution in [0.4, 0.5) is 0 Å². The first-order chi connectivity index (χ1) is 7.70. The monoisotopic (exact) mass is 216 g/mol. The maximum atomic E-state index is 9.08. The normalized spacial score (nSPS) is 10.4. The van der Waals surface area contributed by atoms with Gasteiger partial charge in [-0.15, -0.1) is 0 Å². The topological polar surface area (TPSA) is 49.7 Å². The number of fused-ring (bicyclic) bond motifs is 1. The fourth-order valence-corrected chi connectivity index (χ4v) is 1.66. The van der Waals surface area contributed by atoms with Crippen LogP contribution >= 0.6 is 0 Å². The lowest BCUT2D eigenvalue weighted by Crippen LogP contribution is -2.29. The molecule has 16 heavy (non-hydrogen) atoms. The number of hydrogen-bond donors (Lipinski definition) is 2. The smallest absolute Gasteiger partial charge is 0.488 e. The van der Waals surface area contributed by atoms with Crippen molar-refractivity contribution >= 4 is 23.4 Å². The zero-order valence-electron chi connectivity index (χ0n) is 9.05. The third-order valence-corrected chi connectivity index (χ3v) is 2.44. The number of ether oxygens (including phenoxy) is 1. The van der Waals surface area contributed by atoms with Gasteiger partial charge < -0.3 is 14.8 Å². The average molecular weight is 216 g/mol. The number of rotatable bonds is 3. The molecular formula is C12H13BO3. The molecule has 2 aromatic rings. The highest BCUT2D eigenvalue weighted by atomic mass is 16.5. The fraction of sp³-hybridized carbons (Fsp3) is 0.167. The Morgan fingerprint density at radius 1 is 1.06 bits per heavy atom. The van der Waals surface area contributed by atoms with Crippen molar-refractivity contribution in [1.82, 2.24) is 0 Å². The summed E-state index contributed by atoms with van der Waals surface area (Å²) >= 11 is 0. The summed E-state index contributed by atoms with van der Waals surface area (Å²) in [5.41, 5.74) is 0.487. The molecule has 0 aliphatic heterocycles. The maximum absolute atomic E-state index is 9.08. The lowest BCUT2D eigenvalue weighted by molar-refractivity contribution is 0.341. The van der Waals surface area contributed by atoms with Gasteiger partial charge in [0.15, 0.2) is 0 Å². The zero-order valence-corrected chi connectivity index (χ0v) is 9.05. The van der Waals surface area contributed by atoms with Gasteiger partial charge in [0, 0.05) is 0 Å². The largest absolute Gasteiger partial charge is 0.494 e. The molecule has 0 aliphatic carbocycles. The van der Waals surface area contributed by atoms with Gasteiger partial charge in [-0.25, -0.2) is 0 Å². The molecule has 2 N–H and O–H groups in total. The summed E-state index contributed by atoms with van der Waals surface area (Å²) in [6, 6.07) is 11.1. The third kappa shape index (κ3) is 2.18. The van der Waals surface area contributed by atoms with Crippen LogP contribution in [0.25, 0.3) is 10.8 Å². The Bertz CT molecular complexity index is 497. The highest BCUT2D eigenvalue weighted by Crippen LogP contribution is 2.19. The summed E-state index contributed by atoms with van der Waals surface area (Å²) < 4.78 is 5.39. The van der Waals surface area contributed by atoms with Crippen molar-refractivity contribution in [3.63, 3.8) is 0 Å². The molecule has 4 heteroatoms. The van der Waals surface area contributed by atoms with Gasteiger partial charge in [0.05, 0.1) is 6.61 Å². The van der Waals surface area contributed by atoms with E-state index in [2.05, 4.69) is 0 Å². The molecule has 0 saturated heterocycles. The highest BCUT2D eigenvalue weighted by molar-refractivity contribution is 6.58. The van der Waals surface area contributed by atoms with Crippen LogP contribution in [-0.4, -0.2) is 23.8 Å². The molecule has 0 radical (unpaired) electrons. The Morgan fingerprint density at radius 2 is 1.81 bits per heavy atom. The van der Waals surface area contributed by atoms with E-state index < -0.39 is 7.12 Å². The zero-order chi connectivity index (χ0) is 11.5. The number of hydrogen-bond acceptors (Lipinski definition) is 3. The molecule has 0 fully saturated rings. The lowest BCUT2D eigenvalue weighted by Gasteiger charge is -2.06. The maximum Gasteiger partial charge on any atom is 0.488 e. The Balaban J connectivity index is 2.48. The summed E-state index contributed by atoms with van der Waals surface area (Å²) in [4.78, 5) is 0. The second-order valence-electron chi connectivity index (χ2n) is 3.58. The first-order valence-corrected chi connectivity index (χ1v) is 5.23. The van der Waals surface area contributed by atoms with E-state index in [1.807, 2.05) is 31.2 Å². The standard InChI is InChI=1S/C12H13BO3/c1-2-16-12-6-4-9-3-5-11(13(14)15)7-10(9)8-12/h3-8,14-15H,2H2,1H3. The molecule has 0 heterocycles. The minimum atomic E-state index is -1.43. The van der Waals surface area contributed by atoms with Crippen LogP contribution in [-0.2, 0) is 0 Å². The molecule has 2 rings (SSSR count). The molecular weight excluding hydrogens is 203 g/mol. The van der Waals surface area contributed by atoms with Gasteiger partial charge in [0.2, 0.25) is 0 Å². The second kappa shape index (κ2) is 4.55. The molecule has 0 atom stereocenters. The minimum absolute atomic E-state index is 0.487. The highest BCUT2D eigenvalue weighted by Gasteiger charge is 2.10. The van der Waals surface area contributed by atoms with Gasteiger partial charge in [0.25, 0.3) is 0 Å². The number of benzene rings is 2. The minimum Gasteiger partial charge on any atom is -0.494 e. The summed E-state index contributed by atoms with van der Waals surface area (Å²) in [5, 5.41) is 20.2. The Morgan fingerprint density at radius 3 is 2.50 bits per heavy atom. The van der Waals surface area contributed by atoms with Crippen LogP contribution in [0.15, 0.2) is 36.4 Å². The summed E-state index contributed by atoms with van der Waals surface area (Å²) in [6.45, 7) is 2.55. The van der Waals surface area contributed by atoms with Crippen molar-refractivity contribution in [2.24, 2.45) is 0 Å². The van der Waals surface area contributed by atoms with Crippen LogP contribution in [0.2, 0.25) is 0 Å². The predicted molar refractivity (Wildman–Crippen MR) is 64.9 cm³/mol. The van der Waals surface area contributed by atoms with E-state index in [1.165, 1.54) is 0 Å².